The van der Waals surface area contributed by atoms with Gasteiger partial charge < -0.3 is 10.4 Å². The minimum absolute atomic E-state index is 0.108. The first-order valence-corrected chi connectivity index (χ1v) is 5.86. The summed E-state index contributed by atoms with van der Waals surface area (Å²) in [6.45, 7) is 1.39. The smallest absolute Gasteiger partial charge is 0.354 e. The number of carboxylic acid groups (broad SMARTS) is 1. The molecule has 0 aliphatic carbocycles. The average molecular weight is 292 g/mol. The second-order valence-electron chi connectivity index (χ2n) is 4.25. The molecule has 1 aromatic carbocycles. The van der Waals surface area contributed by atoms with Crippen LogP contribution in [-0.2, 0) is 0 Å². The Labute approximate surface area is 118 Å². The summed E-state index contributed by atoms with van der Waals surface area (Å²) in [5.41, 5.74) is -0.768. The van der Waals surface area contributed by atoms with E-state index in [2.05, 4.69) is 10.3 Å². The lowest BCUT2D eigenvalue weighted by molar-refractivity contribution is 0.0690. The fourth-order valence-electron chi connectivity index (χ4n) is 1.61. The molecule has 0 aliphatic heterocycles. The second kappa shape index (κ2) is 5.66. The molecular formula is C14H10F2N2O3. The second-order valence-corrected chi connectivity index (χ2v) is 4.25. The van der Waals surface area contributed by atoms with Gasteiger partial charge in [0, 0.05) is 6.07 Å². The van der Waals surface area contributed by atoms with Crippen molar-refractivity contribution in [3.63, 3.8) is 0 Å². The van der Waals surface area contributed by atoms with Gasteiger partial charge >= 0.3 is 5.97 Å². The summed E-state index contributed by atoms with van der Waals surface area (Å²) in [7, 11) is 0. The molecule has 7 heteroatoms. The van der Waals surface area contributed by atoms with Crippen LogP contribution < -0.4 is 5.32 Å². The lowest BCUT2D eigenvalue weighted by Gasteiger charge is -2.08. The molecule has 5 nitrogen and oxygen atoms in total. The zero-order valence-corrected chi connectivity index (χ0v) is 10.9. The van der Waals surface area contributed by atoms with Crippen LogP contribution in [0.1, 0.15) is 26.5 Å². The van der Waals surface area contributed by atoms with E-state index in [1.54, 1.807) is 0 Å². The maximum absolute atomic E-state index is 13.6. The van der Waals surface area contributed by atoms with E-state index in [-0.39, 0.29) is 22.6 Å². The topological polar surface area (TPSA) is 79.3 Å². The van der Waals surface area contributed by atoms with E-state index in [0.717, 1.165) is 12.1 Å². The Hall–Kier alpha value is -2.83. The maximum Gasteiger partial charge on any atom is 0.354 e. The van der Waals surface area contributed by atoms with Crippen molar-refractivity contribution >= 4 is 17.6 Å². The summed E-state index contributed by atoms with van der Waals surface area (Å²) in [5, 5.41) is 10.9. The Kier molecular flexibility index (Phi) is 3.93. The number of aromatic carboxylic acids is 1. The molecule has 21 heavy (non-hydrogen) atoms. The molecule has 1 aromatic heterocycles. The number of rotatable bonds is 3. The van der Waals surface area contributed by atoms with Crippen molar-refractivity contribution in [1.82, 2.24) is 4.98 Å². The Morgan fingerprint density at radius 2 is 1.81 bits per heavy atom. The highest BCUT2D eigenvalue weighted by Gasteiger charge is 2.14. The number of carbonyl (C=O) groups excluding carboxylic acids is 1. The number of carboxylic acids is 1. The number of halogens is 2. The van der Waals surface area contributed by atoms with Crippen LogP contribution in [0.25, 0.3) is 0 Å². The number of amides is 1. The van der Waals surface area contributed by atoms with Gasteiger partial charge in [-0.15, -0.1) is 0 Å². The molecule has 0 aliphatic rings. The van der Waals surface area contributed by atoms with Gasteiger partial charge in [0.05, 0.1) is 5.69 Å². The molecule has 0 unspecified atom stereocenters. The maximum atomic E-state index is 13.6. The number of benzene rings is 1. The van der Waals surface area contributed by atoms with Gasteiger partial charge in [-0.3, -0.25) is 4.79 Å². The van der Waals surface area contributed by atoms with E-state index < -0.39 is 23.5 Å². The van der Waals surface area contributed by atoms with Gasteiger partial charge in [-0.25, -0.2) is 18.6 Å². The van der Waals surface area contributed by atoms with Crippen molar-refractivity contribution < 1.29 is 23.5 Å². The summed E-state index contributed by atoms with van der Waals surface area (Å²) in [6.07, 6.45) is 0. The van der Waals surface area contributed by atoms with Crippen molar-refractivity contribution in [3.8, 4) is 0 Å². The van der Waals surface area contributed by atoms with Gasteiger partial charge in [-0.05, 0) is 30.7 Å². The lowest BCUT2D eigenvalue weighted by Crippen LogP contribution is -2.16. The number of anilines is 1. The monoisotopic (exact) mass is 292 g/mol. The number of hydrogen-bond acceptors (Lipinski definition) is 3. The number of nitrogens with zero attached hydrogens (tertiary/aromatic N) is 1. The molecule has 1 heterocycles. The van der Waals surface area contributed by atoms with Crippen LogP contribution >= 0.6 is 0 Å². The first-order chi connectivity index (χ1) is 9.88. The lowest BCUT2D eigenvalue weighted by atomic mass is 10.2. The molecule has 0 saturated heterocycles. The molecule has 0 fully saturated rings. The first kappa shape index (κ1) is 14.6. The molecule has 108 valence electrons. The summed E-state index contributed by atoms with van der Waals surface area (Å²) in [5.74, 6) is -3.59. The highest BCUT2D eigenvalue weighted by atomic mass is 19.1. The molecule has 2 rings (SSSR count). The molecule has 1 amide bonds. The van der Waals surface area contributed by atoms with E-state index in [1.165, 1.54) is 25.1 Å². The Morgan fingerprint density at radius 1 is 1.14 bits per heavy atom. The van der Waals surface area contributed by atoms with Crippen molar-refractivity contribution in [3.05, 3.63) is 58.9 Å². The molecule has 0 spiro atoms. The number of aryl methyl sites for hydroxylation is 1. The van der Waals surface area contributed by atoms with Crippen LogP contribution in [0.5, 0.6) is 0 Å². The molecule has 2 aromatic rings. The van der Waals surface area contributed by atoms with Gasteiger partial charge in [0.15, 0.2) is 0 Å². The molecular weight excluding hydrogens is 282 g/mol. The average Bonchev–Trinajstić information content (AvgIpc) is 2.44. The van der Waals surface area contributed by atoms with E-state index in [9.17, 15) is 18.4 Å². The van der Waals surface area contributed by atoms with Crippen LogP contribution in [0.4, 0.5) is 14.5 Å². The predicted molar refractivity (Wildman–Crippen MR) is 70.2 cm³/mol. The van der Waals surface area contributed by atoms with E-state index in [0.29, 0.717) is 0 Å². The molecule has 2 N–H and O–H groups in total. The predicted octanol–water partition coefficient (Wildman–Crippen LogP) is 2.62. The van der Waals surface area contributed by atoms with Gasteiger partial charge in [-0.1, -0.05) is 6.07 Å². The Morgan fingerprint density at radius 3 is 2.48 bits per heavy atom. The minimum atomic E-state index is -1.29. The SMILES string of the molecule is Cc1cc(F)c(NC(=O)c2cccc(C(=O)O)n2)cc1F. The molecule has 0 saturated carbocycles. The summed E-state index contributed by atoms with van der Waals surface area (Å²) >= 11 is 0. The summed E-state index contributed by atoms with van der Waals surface area (Å²) in [4.78, 5) is 26.3. The number of hydrogen-bond donors (Lipinski definition) is 2. The number of pyridine rings is 1. The Bertz CT molecular complexity index is 732. The fraction of sp³-hybridized carbons (Fsp3) is 0.0714. The summed E-state index contributed by atoms with van der Waals surface area (Å²) in [6, 6.07) is 5.61. The van der Waals surface area contributed by atoms with Crippen LogP contribution in [0.2, 0.25) is 0 Å². The Balaban J connectivity index is 2.28. The van der Waals surface area contributed by atoms with Crippen LogP contribution in [0, 0.1) is 18.6 Å². The van der Waals surface area contributed by atoms with E-state index in [4.69, 9.17) is 5.11 Å². The van der Waals surface area contributed by atoms with E-state index >= 15 is 0 Å². The van der Waals surface area contributed by atoms with Gasteiger partial charge in [0.1, 0.15) is 23.0 Å². The zero-order valence-electron chi connectivity index (χ0n) is 10.9. The fourth-order valence-corrected chi connectivity index (χ4v) is 1.61. The highest BCUT2D eigenvalue weighted by molar-refractivity contribution is 6.03. The molecule has 0 radical (unpaired) electrons. The van der Waals surface area contributed by atoms with Crippen molar-refractivity contribution in [2.45, 2.75) is 6.92 Å². The zero-order chi connectivity index (χ0) is 15.6. The summed E-state index contributed by atoms with van der Waals surface area (Å²) < 4.78 is 27.0. The van der Waals surface area contributed by atoms with Crippen LogP contribution in [0.15, 0.2) is 30.3 Å². The third-order valence-corrected chi connectivity index (χ3v) is 2.70. The quantitative estimate of drug-likeness (QED) is 0.911. The van der Waals surface area contributed by atoms with Crippen LogP contribution in [-0.4, -0.2) is 22.0 Å². The third kappa shape index (κ3) is 3.19. The van der Waals surface area contributed by atoms with E-state index in [1.807, 2.05) is 0 Å². The van der Waals surface area contributed by atoms with Gasteiger partial charge in [0.2, 0.25) is 0 Å². The first-order valence-electron chi connectivity index (χ1n) is 5.86. The standard InChI is InChI=1S/C14H10F2N2O3/c1-7-5-9(16)12(6-8(7)15)18-13(19)10-3-2-4-11(17-10)14(20)21/h2-6H,1H3,(H,18,19)(H,20,21). The van der Waals surface area contributed by atoms with Crippen molar-refractivity contribution in [2.75, 3.05) is 5.32 Å². The normalized spacial score (nSPS) is 10.2. The molecule has 0 atom stereocenters. The highest BCUT2D eigenvalue weighted by Crippen LogP contribution is 2.19. The van der Waals surface area contributed by atoms with Gasteiger partial charge in [0.25, 0.3) is 5.91 Å². The largest absolute Gasteiger partial charge is 0.477 e. The van der Waals surface area contributed by atoms with Crippen LogP contribution in [0.3, 0.4) is 0 Å². The molecule has 0 bridgehead atoms. The van der Waals surface area contributed by atoms with Crippen molar-refractivity contribution in [1.29, 1.82) is 0 Å². The van der Waals surface area contributed by atoms with Gasteiger partial charge in [-0.2, -0.15) is 0 Å². The number of aromatic nitrogens is 1. The number of carbonyl (C=O) groups is 2. The van der Waals surface area contributed by atoms with Crippen molar-refractivity contribution in [2.24, 2.45) is 0 Å². The number of nitrogens with one attached hydrogen (secondary N) is 1. The minimum Gasteiger partial charge on any atom is -0.477 e. The third-order valence-electron chi connectivity index (χ3n) is 2.70.